The largest absolute Gasteiger partial charge is 0.478 e. The summed E-state index contributed by atoms with van der Waals surface area (Å²) in [5, 5.41) is 11.6. The molecule has 7 heteroatoms. The molecule has 19 heavy (non-hydrogen) atoms. The second-order valence-corrected chi connectivity index (χ2v) is 7.15. The Labute approximate surface area is 111 Å². The van der Waals surface area contributed by atoms with Gasteiger partial charge in [-0.3, -0.25) is 0 Å². The third kappa shape index (κ3) is 3.16. The van der Waals surface area contributed by atoms with Gasteiger partial charge in [0.15, 0.2) is 9.84 Å². The Kier molecular flexibility index (Phi) is 3.96. The lowest BCUT2D eigenvalue weighted by molar-refractivity contribution is 0.0695. The number of sulfone groups is 1. The van der Waals surface area contributed by atoms with Crippen molar-refractivity contribution in [2.24, 2.45) is 0 Å². The van der Waals surface area contributed by atoms with Gasteiger partial charge in [0, 0.05) is 6.54 Å². The standard InChI is InChI=1S/C12H17NO5S/c1-8-11(12(14)15)5-9(18-8)6-13-7-10-3-2-4-19(10,16)17/h5,10,13H,2-4,6-7H2,1H3,(H,14,15). The van der Waals surface area contributed by atoms with Crippen LogP contribution in [0.25, 0.3) is 0 Å². The Bertz CT molecular complexity index is 575. The zero-order valence-electron chi connectivity index (χ0n) is 10.7. The van der Waals surface area contributed by atoms with E-state index in [9.17, 15) is 13.2 Å². The summed E-state index contributed by atoms with van der Waals surface area (Å²) in [4.78, 5) is 10.8. The van der Waals surface area contributed by atoms with Gasteiger partial charge < -0.3 is 14.8 Å². The van der Waals surface area contributed by atoms with Crippen LogP contribution in [0.15, 0.2) is 10.5 Å². The molecule has 0 spiro atoms. The molecular weight excluding hydrogens is 270 g/mol. The average Bonchev–Trinajstić information content (AvgIpc) is 2.83. The van der Waals surface area contributed by atoms with Gasteiger partial charge in [-0.2, -0.15) is 0 Å². The number of aryl methyl sites for hydroxylation is 1. The van der Waals surface area contributed by atoms with Gasteiger partial charge in [-0.1, -0.05) is 0 Å². The number of rotatable bonds is 5. The molecule has 0 aliphatic carbocycles. The first-order chi connectivity index (χ1) is 8.90. The first-order valence-electron chi connectivity index (χ1n) is 6.15. The van der Waals surface area contributed by atoms with Crippen LogP contribution in [0.1, 0.15) is 34.7 Å². The maximum absolute atomic E-state index is 11.6. The average molecular weight is 287 g/mol. The molecule has 2 rings (SSSR count). The quantitative estimate of drug-likeness (QED) is 0.837. The van der Waals surface area contributed by atoms with Crippen LogP contribution in [0.4, 0.5) is 0 Å². The Balaban J connectivity index is 1.90. The summed E-state index contributed by atoms with van der Waals surface area (Å²) in [6.45, 7) is 2.30. The maximum atomic E-state index is 11.6. The first-order valence-corrected chi connectivity index (χ1v) is 7.86. The summed E-state index contributed by atoms with van der Waals surface area (Å²) in [5.41, 5.74) is 0.144. The van der Waals surface area contributed by atoms with Gasteiger partial charge in [0.1, 0.15) is 17.1 Å². The van der Waals surface area contributed by atoms with Crippen LogP contribution in [-0.4, -0.2) is 37.0 Å². The van der Waals surface area contributed by atoms with Gasteiger partial charge in [0.25, 0.3) is 0 Å². The smallest absolute Gasteiger partial charge is 0.339 e. The minimum Gasteiger partial charge on any atom is -0.478 e. The summed E-state index contributed by atoms with van der Waals surface area (Å²) < 4.78 is 28.5. The number of hydrogen-bond donors (Lipinski definition) is 2. The molecule has 1 aliphatic rings. The number of furan rings is 1. The third-order valence-electron chi connectivity index (χ3n) is 3.33. The first kappa shape index (κ1) is 14.1. The molecule has 1 aromatic heterocycles. The molecule has 0 radical (unpaired) electrons. The fourth-order valence-electron chi connectivity index (χ4n) is 2.29. The molecular formula is C12H17NO5S. The molecule has 1 atom stereocenters. The van der Waals surface area contributed by atoms with Gasteiger partial charge >= 0.3 is 5.97 Å². The molecule has 1 aromatic rings. The highest BCUT2D eigenvalue weighted by Crippen LogP contribution is 2.19. The summed E-state index contributed by atoms with van der Waals surface area (Å²) in [6.07, 6.45) is 1.41. The van der Waals surface area contributed by atoms with Crippen molar-refractivity contribution in [3.63, 3.8) is 0 Å². The Morgan fingerprint density at radius 1 is 1.58 bits per heavy atom. The number of carboxylic acid groups (broad SMARTS) is 1. The van der Waals surface area contributed by atoms with E-state index >= 15 is 0 Å². The van der Waals surface area contributed by atoms with Crippen LogP contribution < -0.4 is 5.32 Å². The molecule has 1 saturated heterocycles. The minimum absolute atomic E-state index is 0.144. The number of hydrogen-bond acceptors (Lipinski definition) is 5. The lowest BCUT2D eigenvalue weighted by Gasteiger charge is -2.09. The highest BCUT2D eigenvalue weighted by Gasteiger charge is 2.30. The van der Waals surface area contributed by atoms with E-state index in [1.807, 2.05) is 0 Å². The monoisotopic (exact) mass is 287 g/mol. The second-order valence-electron chi connectivity index (χ2n) is 4.75. The highest BCUT2D eigenvalue weighted by molar-refractivity contribution is 7.92. The van der Waals surface area contributed by atoms with Crippen LogP contribution in [0.2, 0.25) is 0 Å². The van der Waals surface area contributed by atoms with Crippen LogP contribution in [0, 0.1) is 6.92 Å². The van der Waals surface area contributed by atoms with E-state index in [1.165, 1.54) is 6.07 Å². The fraction of sp³-hybridized carbons (Fsp3) is 0.583. The number of carboxylic acids is 1. The van der Waals surface area contributed by atoms with Gasteiger partial charge in [-0.15, -0.1) is 0 Å². The van der Waals surface area contributed by atoms with Crippen molar-refractivity contribution in [3.8, 4) is 0 Å². The predicted molar refractivity (Wildman–Crippen MR) is 68.9 cm³/mol. The van der Waals surface area contributed by atoms with Crippen LogP contribution in [-0.2, 0) is 16.4 Å². The van der Waals surface area contributed by atoms with E-state index in [1.54, 1.807) is 6.92 Å². The van der Waals surface area contributed by atoms with Gasteiger partial charge in [-0.25, -0.2) is 13.2 Å². The molecule has 0 amide bonds. The molecule has 1 unspecified atom stereocenters. The van der Waals surface area contributed by atoms with Gasteiger partial charge in [0.05, 0.1) is 17.5 Å². The molecule has 106 valence electrons. The lowest BCUT2D eigenvalue weighted by Crippen LogP contribution is -2.30. The van der Waals surface area contributed by atoms with E-state index < -0.39 is 15.8 Å². The van der Waals surface area contributed by atoms with Gasteiger partial charge in [-0.05, 0) is 25.8 Å². The van der Waals surface area contributed by atoms with E-state index in [-0.39, 0.29) is 16.6 Å². The minimum atomic E-state index is -2.95. The van der Waals surface area contributed by atoms with Crippen molar-refractivity contribution < 1.29 is 22.7 Å². The molecule has 1 fully saturated rings. The van der Waals surface area contributed by atoms with Crippen molar-refractivity contribution in [2.75, 3.05) is 12.3 Å². The normalized spacial score (nSPS) is 21.6. The van der Waals surface area contributed by atoms with Crippen LogP contribution in [0.5, 0.6) is 0 Å². The van der Waals surface area contributed by atoms with Crippen molar-refractivity contribution in [1.82, 2.24) is 5.32 Å². The van der Waals surface area contributed by atoms with E-state index in [0.29, 0.717) is 31.0 Å². The lowest BCUT2D eigenvalue weighted by atomic mass is 10.2. The van der Waals surface area contributed by atoms with E-state index in [0.717, 1.165) is 6.42 Å². The Morgan fingerprint density at radius 3 is 2.84 bits per heavy atom. The maximum Gasteiger partial charge on any atom is 0.339 e. The molecule has 0 aromatic carbocycles. The van der Waals surface area contributed by atoms with Crippen molar-refractivity contribution in [3.05, 3.63) is 23.2 Å². The molecule has 6 nitrogen and oxygen atoms in total. The number of aromatic carboxylic acids is 1. The molecule has 2 heterocycles. The zero-order chi connectivity index (χ0) is 14.0. The van der Waals surface area contributed by atoms with Crippen molar-refractivity contribution in [2.45, 2.75) is 31.6 Å². The molecule has 2 N–H and O–H groups in total. The number of carbonyl (C=O) groups is 1. The highest BCUT2D eigenvalue weighted by atomic mass is 32.2. The zero-order valence-corrected chi connectivity index (χ0v) is 11.5. The van der Waals surface area contributed by atoms with Crippen LogP contribution >= 0.6 is 0 Å². The summed E-state index contributed by atoms with van der Waals surface area (Å²) >= 11 is 0. The molecule has 0 bridgehead atoms. The number of nitrogens with one attached hydrogen (secondary N) is 1. The second kappa shape index (κ2) is 5.34. The van der Waals surface area contributed by atoms with Gasteiger partial charge in [0.2, 0.25) is 0 Å². The summed E-state index contributed by atoms with van der Waals surface area (Å²) in [5.74, 6) is 0.108. The fourth-order valence-corrected chi connectivity index (χ4v) is 4.09. The topological polar surface area (TPSA) is 96.6 Å². The molecule has 0 saturated carbocycles. The summed E-state index contributed by atoms with van der Waals surface area (Å²) in [6, 6.07) is 1.47. The Hall–Kier alpha value is -1.34. The third-order valence-corrected chi connectivity index (χ3v) is 5.61. The van der Waals surface area contributed by atoms with E-state index in [2.05, 4.69) is 5.32 Å². The van der Waals surface area contributed by atoms with Crippen molar-refractivity contribution in [1.29, 1.82) is 0 Å². The SMILES string of the molecule is Cc1oc(CNCC2CCCS2(=O)=O)cc1C(=O)O. The molecule has 1 aliphatic heterocycles. The van der Waals surface area contributed by atoms with Crippen molar-refractivity contribution >= 4 is 15.8 Å². The predicted octanol–water partition coefficient (Wildman–Crippen LogP) is 0.953. The van der Waals surface area contributed by atoms with Crippen LogP contribution in [0.3, 0.4) is 0 Å². The van der Waals surface area contributed by atoms with E-state index in [4.69, 9.17) is 9.52 Å². The summed E-state index contributed by atoms with van der Waals surface area (Å²) in [7, 11) is -2.95. The Morgan fingerprint density at radius 2 is 2.32 bits per heavy atom.